The number of rotatable bonds is 6. The van der Waals surface area contributed by atoms with Crippen LogP contribution in [0, 0.1) is 23.7 Å². The summed E-state index contributed by atoms with van der Waals surface area (Å²) >= 11 is 0. The quantitative estimate of drug-likeness (QED) is 0.129. The van der Waals surface area contributed by atoms with Gasteiger partial charge >= 0.3 is 0 Å². The maximum absolute atomic E-state index is 9.16. The molecule has 7 aromatic rings. The summed E-state index contributed by atoms with van der Waals surface area (Å²) in [6.45, 7) is 0. The average Bonchev–Trinajstić information content (AvgIpc) is 3.22. The average molecular weight is 615 g/mol. The number of benzene rings is 7. The first-order valence-electron chi connectivity index (χ1n) is 18.0. The molecule has 7 aromatic carbocycles. The molecule has 0 aromatic heterocycles. The third-order valence-electron chi connectivity index (χ3n) is 8.62. The molecule has 0 unspecified atom stereocenters. The highest BCUT2D eigenvalue weighted by Crippen LogP contribution is 2.40. The second-order valence-electron chi connectivity index (χ2n) is 11.4. The molecule has 0 aliphatic heterocycles. The first kappa shape index (κ1) is 25.8. The maximum atomic E-state index is 9.16. The van der Waals surface area contributed by atoms with Gasteiger partial charge in [-0.2, -0.15) is 0 Å². The maximum Gasteiger partial charge on any atom is 0.107 e. The van der Waals surface area contributed by atoms with Gasteiger partial charge in [0.2, 0.25) is 0 Å². The van der Waals surface area contributed by atoms with Gasteiger partial charge in [0.25, 0.3) is 0 Å². The molecule has 0 nitrogen and oxygen atoms in total. The molecule has 0 N–H and O–H groups in total. The van der Waals surface area contributed by atoms with E-state index in [9.17, 15) is 0 Å². The molecule has 0 amide bonds. The fourth-order valence-corrected chi connectivity index (χ4v) is 6.31. The molecular formula is C48H34. The van der Waals surface area contributed by atoms with Crippen LogP contribution in [0.2, 0.25) is 0 Å². The third kappa shape index (κ3) is 5.97. The highest BCUT2D eigenvalue weighted by Gasteiger charge is 2.35. The van der Waals surface area contributed by atoms with Crippen LogP contribution >= 0.6 is 0 Å². The van der Waals surface area contributed by atoms with Crippen molar-refractivity contribution in [3.63, 3.8) is 0 Å². The zero-order valence-corrected chi connectivity index (χ0v) is 26.3. The highest BCUT2D eigenvalue weighted by molar-refractivity contribution is 5.61. The molecule has 0 aliphatic carbocycles. The van der Waals surface area contributed by atoms with Crippen LogP contribution in [0.15, 0.2) is 206 Å². The van der Waals surface area contributed by atoms with Gasteiger partial charge < -0.3 is 0 Å². The lowest BCUT2D eigenvalue weighted by Crippen LogP contribution is -2.27. The Morgan fingerprint density at radius 2 is 0.479 bits per heavy atom. The van der Waals surface area contributed by atoms with Gasteiger partial charge in [-0.05, 0) is 57.6 Å². The number of hydrogen-bond donors (Lipinski definition) is 0. The summed E-state index contributed by atoms with van der Waals surface area (Å²) in [6.07, 6.45) is 0. The van der Waals surface area contributed by atoms with E-state index in [4.69, 9.17) is 5.48 Å². The van der Waals surface area contributed by atoms with Crippen LogP contribution in [0.3, 0.4) is 0 Å². The monoisotopic (exact) mass is 614 g/mol. The van der Waals surface area contributed by atoms with E-state index in [1.807, 2.05) is 182 Å². The fourth-order valence-electron chi connectivity index (χ4n) is 6.31. The van der Waals surface area contributed by atoms with E-state index in [2.05, 4.69) is 23.7 Å². The normalized spacial score (nSPS) is 12.2. The Morgan fingerprint density at radius 3 is 0.667 bits per heavy atom. The second-order valence-corrected chi connectivity index (χ2v) is 11.4. The predicted octanol–water partition coefficient (Wildman–Crippen LogP) is 10.5. The van der Waals surface area contributed by atoms with Gasteiger partial charge in [-0.1, -0.05) is 206 Å². The molecule has 0 bridgehead atoms. The molecule has 0 saturated carbocycles. The van der Waals surface area contributed by atoms with E-state index in [0.29, 0.717) is 0 Å². The summed E-state index contributed by atoms with van der Waals surface area (Å²) < 4.78 is 36.6. The predicted molar refractivity (Wildman–Crippen MR) is 199 cm³/mol. The number of hydrogen-bond acceptors (Lipinski definition) is 0. The van der Waals surface area contributed by atoms with Gasteiger partial charge in [0.05, 0.1) is 5.48 Å². The molecule has 226 valence electrons. The molecule has 0 saturated heterocycles. The zero-order chi connectivity index (χ0) is 36.0. The van der Waals surface area contributed by atoms with Gasteiger partial charge in [0.1, 0.15) is 10.8 Å². The van der Waals surface area contributed by atoms with Crippen molar-refractivity contribution < 1.29 is 5.48 Å². The molecule has 0 spiro atoms. The van der Waals surface area contributed by atoms with Gasteiger partial charge in [0.15, 0.2) is 0 Å². The Labute approximate surface area is 290 Å². The van der Waals surface area contributed by atoms with E-state index in [-0.39, 0.29) is 35.3 Å². The Morgan fingerprint density at radius 1 is 0.292 bits per heavy atom. The van der Waals surface area contributed by atoms with Gasteiger partial charge in [-0.25, -0.2) is 0 Å². The van der Waals surface area contributed by atoms with E-state index >= 15 is 0 Å². The Balaban J connectivity index is 1.45. The minimum absolute atomic E-state index is 0.0214. The van der Waals surface area contributed by atoms with Crippen molar-refractivity contribution in [1.29, 1.82) is 0 Å². The van der Waals surface area contributed by atoms with Crippen molar-refractivity contribution in [3.8, 4) is 23.7 Å². The fraction of sp³-hybridized carbons (Fsp3) is 0.0417. The lowest BCUT2D eigenvalue weighted by Gasteiger charge is -2.31. The first-order valence-corrected chi connectivity index (χ1v) is 16.0. The van der Waals surface area contributed by atoms with Crippen LogP contribution in [-0.2, 0) is 10.8 Å². The molecule has 7 rings (SSSR count). The molecule has 0 radical (unpaired) electrons. The highest BCUT2D eigenvalue weighted by atomic mass is 14.4. The second kappa shape index (κ2) is 14.0. The molecule has 0 fully saturated rings. The third-order valence-corrected chi connectivity index (χ3v) is 8.62. The van der Waals surface area contributed by atoms with Crippen LogP contribution < -0.4 is 0 Å². The van der Waals surface area contributed by atoms with Gasteiger partial charge in [0, 0.05) is 11.1 Å². The van der Waals surface area contributed by atoms with Crippen molar-refractivity contribution in [3.05, 3.63) is 251 Å². The molecule has 0 heteroatoms. The van der Waals surface area contributed by atoms with Crippen LogP contribution in [0.4, 0.5) is 0 Å². The van der Waals surface area contributed by atoms with Crippen LogP contribution in [0.1, 0.15) is 50.0 Å². The first-order chi connectivity index (χ1) is 25.5. The van der Waals surface area contributed by atoms with Crippen LogP contribution in [-0.4, -0.2) is 0 Å². The molecule has 0 atom stereocenters. The minimum Gasteiger partial charge on any atom is -0.0765 e. The molecule has 0 heterocycles. The summed E-state index contributed by atoms with van der Waals surface area (Å²) in [4.78, 5) is 0. The zero-order valence-electron chi connectivity index (χ0n) is 30.3. The topological polar surface area (TPSA) is 0 Å². The summed E-state index contributed by atoms with van der Waals surface area (Å²) in [5.74, 6) is 13.3. The summed E-state index contributed by atoms with van der Waals surface area (Å²) in [5.41, 5.74) is 3.70. The van der Waals surface area contributed by atoms with E-state index in [0.717, 1.165) is 33.4 Å². The van der Waals surface area contributed by atoms with Crippen molar-refractivity contribution >= 4 is 0 Å². The Hall–Kier alpha value is -6.34. The lowest BCUT2D eigenvalue weighted by atomic mass is 9.70. The van der Waals surface area contributed by atoms with Gasteiger partial charge in [-0.3, -0.25) is 0 Å². The van der Waals surface area contributed by atoms with E-state index in [1.165, 1.54) is 0 Å². The minimum atomic E-state index is -0.952. The lowest BCUT2D eigenvalue weighted by molar-refractivity contribution is 0.809. The summed E-state index contributed by atoms with van der Waals surface area (Å²) in [6, 6.07) is 58.9. The van der Waals surface area contributed by atoms with Crippen LogP contribution in [0.5, 0.6) is 0 Å². The van der Waals surface area contributed by atoms with Gasteiger partial charge in [-0.15, -0.1) is 0 Å². The summed E-state index contributed by atoms with van der Waals surface area (Å²) in [5, 5.41) is 0. The van der Waals surface area contributed by atoms with Crippen molar-refractivity contribution in [2.75, 3.05) is 0 Å². The standard InChI is InChI=1S/C48H34/c1-7-19-41(20-8-1)47(42-21-9-2-10-22-42,43-23-11-3-12-24-43)37-35-39-31-33-40(34-32-39)36-38-48(44-25-13-4-14-26-44,45-27-15-5-16-28-45)46-29-17-6-18-30-46/h1-34H/i31D,32D,33D,34D. The van der Waals surface area contributed by atoms with E-state index < -0.39 is 10.8 Å². The van der Waals surface area contributed by atoms with Crippen molar-refractivity contribution in [1.82, 2.24) is 0 Å². The SMILES string of the molecule is [2H]c1c([2H])c(C#CC(c2ccccc2)(c2ccccc2)c2ccccc2)c([2H])c([2H])c1C#CC(c1ccccc1)(c1ccccc1)c1ccccc1. The molecule has 0 aliphatic rings. The van der Waals surface area contributed by atoms with Crippen molar-refractivity contribution in [2.24, 2.45) is 0 Å². The Bertz CT molecular complexity index is 2030. The molecular weight excluding hydrogens is 577 g/mol. The van der Waals surface area contributed by atoms with Crippen LogP contribution in [0.25, 0.3) is 0 Å². The molecule has 48 heavy (non-hydrogen) atoms. The Kier molecular flexibility index (Phi) is 7.51. The summed E-state index contributed by atoms with van der Waals surface area (Å²) in [7, 11) is 0. The van der Waals surface area contributed by atoms with Crippen molar-refractivity contribution in [2.45, 2.75) is 10.8 Å². The van der Waals surface area contributed by atoms with E-state index in [1.54, 1.807) is 0 Å². The largest absolute Gasteiger partial charge is 0.107 e. The smallest absolute Gasteiger partial charge is 0.0765 e.